The third-order valence-corrected chi connectivity index (χ3v) is 3.29. The van der Waals surface area contributed by atoms with Crippen LogP contribution >= 0.6 is 12.2 Å². The van der Waals surface area contributed by atoms with Crippen LogP contribution in [0, 0.1) is 5.41 Å². The maximum atomic E-state index is 5.71. The van der Waals surface area contributed by atoms with Gasteiger partial charge in [0.15, 0.2) is 0 Å². The molecule has 92 valence electrons. The Morgan fingerprint density at radius 1 is 1.47 bits per heavy atom. The molecule has 0 atom stereocenters. The lowest BCUT2D eigenvalue weighted by Crippen LogP contribution is -2.20. The van der Waals surface area contributed by atoms with E-state index in [9.17, 15) is 0 Å². The van der Waals surface area contributed by atoms with Crippen molar-refractivity contribution in [3.8, 4) is 0 Å². The summed E-state index contributed by atoms with van der Waals surface area (Å²) in [4.78, 5) is 4.86. The summed E-state index contributed by atoms with van der Waals surface area (Å²) in [6.07, 6.45) is 5.88. The first kappa shape index (κ1) is 12.5. The molecule has 0 unspecified atom stereocenters. The smallest absolute Gasteiger partial charge is 0.0733 e. The van der Waals surface area contributed by atoms with Gasteiger partial charge < -0.3 is 10.5 Å². The molecule has 0 aromatic carbocycles. The topological polar surface area (TPSA) is 48.1 Å². The zero-order valence-corrected chi connectivity index (χ0v) is 10.7. The third kappa shape index (κ3) is 4.06. The molecule has 1 heterocycles. The summed E-state index contributed by atoms with van der Waals surface area (Å²) in [5.41, 5.74) is 6.92. The van der Waals surface area contributed by atoms with Crippen LogP contribution in [0.25, 0.3) is 0 Å². The minimum Gasteiger partial charge on any atom is -0.393 e. The molecule has 1 aliphatic rings. The molecule has 1 saturated carbocycles. The molecule has 2 N–H and O–H groups in total. The Morgan fingerprint density at radius 3 is 2.88 bits per heavy atom. The summed E-state index contributed by atoms with van der Waals surface area (Å²) in [5, 5.41) is 0. The number of aromatic nitrogens is 1. The van der Waals surface area contributed by atoms with Crippen molar-refractivity contribution in [3.05, 3.63) is 30.1 Å². The fourth-order valence-electron chi connectivity index (χ4n) is 1.93. The van der Waals surface area contributed by atoms with E-state index in [0.717, 1.165) is 31.7 Å². The first-order chi connectivity index (χ1) is 8.20. The SMILES string of the molecule is NC(=S)CC1(COCCc2ccccn2)CC1. The number of thiocarbonyl (C=S) groups is 1. The summed E-state index contributed by atoms with van der Waals surface area (Å²) in [6.45, 7) is 1.49. The average molecular weight is 250 g/mol. The van der Waals surface area contributed by atoms with E-state index >= 15 is 0 Å². The van der Waals surface area contributed by atoms with Crippen molar-refractivity contribution in [1.82, 2.24) is 4.98 Å². The second kappa shape index (κ2) is 5.56. The molecule has 17 heavy (non-hydrogen) atoms. The van der Waals surface area contributed by atoms with Crippen LogP contribution in [-0.4, -0.2) is 23.2 Å². The van der Waals surface area contributed by atoms with Gasteiger partial charge >= 0.3 is 0 Å². The van der Waals surface area contributed by atoms with Gasteiger partial charge in [0.25, 0.3) is 0 Å². The van der Waals surface area contributed by atoms with Crippen LogP contribution in [0.3, 0.4) is 0 Å². The predicted octanol–water partition coefficient (Wildman–Crippen LogP) is 2.10. The van der Waals surface area contributed by atoms with Crippen molar-refractivity contribution >= 4 is 17.2 Å². The molecule has 1 aromatic rings. The highest BCUT2D eigenvalue weighted by molar-refractivity contribution is 7.80. The summed E-state index contributed by atoms with van der Waals surface area (Å²) < 4.78 is 5.71. The molecule has 4 heteroatoms. The van der Waals surface area contributed by atoms with Gasteiger partial charge in [0.05, 0.1) is 18.2 Å². The molecule has 1 aliphatic carbocycles. The second-order valence-corrected chi connectivity index (χ2v) is 5.29. The summed E-state index contributed by atoms with van der Waals surface area (Å²) in [5.74, 6) is 0. The summed E-state index contributed by atoms with van der Waals surface area (Å²) in [7, 11) is 0. The molecule has 0 spiro atoms. The molecule has 0 amide bonds. The molecular formula is C13H18N2OS. The predicted molar refractivity (Wildman–Crippen MR) is 71.8 cm³/mol. The van der Waals surface area contributed by atoms with E-state index in [1.54, 1.807) is 0 Å². The molecule has 0 aliphatic heterocycles. The van der Waals surface area contributed by atoms with Crippen molar-refractivity contribution in [1.29, 1.82) is 0 Å². The van der Waals surface area contributed by atoms with Crippen molar-refractivity contribution < 1.29 is 4.74 Å². The van der Waals surface area contributed by atoms with Crippen molar-refractivity contribution in [3.63, 3.8) is 0 Å². The first-order valence-electron chi connectivity index (χ1n) is 5.96. The van der Waals surface area contributed by atoms with E-state index in [2.05, 4.69) is 4.98 Å². The van der Waals surface area contributed by atoms with Gasteiger partial charge in [-0.3, -0.25) is 4.98 Å². The van der Waals surface area contributed by atoms with Crippen LogP contribution in [0.5, 0.6) is 0 Å². The zero-order chi connectivity index (χ0) is 12.1. The molecule has 2 rings (SSSR count). The van der Waals surface area contributed by atoms with Crippen LogP contribution in [0.2, 0.25) is 0 Å². The first-order valence-corrected chi connectivity index (χ1v) is 6.37. The van der Waals surface area contributed by atoms with E-state index in [1.165, 1.54) is 12.8 Å². The standard InChI is InChI=1S/C13H18N2OS/c14-12(17)9-13(5-6-13)10-16-8-4-11-3-1-2-7-15-11/h1-3,7H,4-6,8-10H2,(H2,14,17). The van der Waals surface area contributed by atoms with Crippen LogP contribution in [0.4, 0.5) is 0 Å². The number of hydrogen-bond donors (Lipinski definition) is 1. The molecule has 0 saturated heterocycles. The number of pyridine rings is 1. The van der Waals surface area contributed by atoms with Gasteiger partial charge in [0.2, 0.25) is 0 Å². The minimum atomic E-state index is 0.260. The molecular weight excluding hydrogens is 232 g/mol. The highest BCUT2D eigenvalue weighted by Crippen LogP contribution is 2.48. The van der Waals surface area contributed by atoms with E-state index in [1.807, 2.05) is 24.4 Å². The van der Waals surface area contributed by atoms with Gasteiger partial charge in [-0.15, -0.1) is 0 Å². The van der Waals surface area contributed by atoms with Crippen LogP contribution in [0.1, 0.15) is 25.0 Å². The van der Waals surface area contributed by atoms with E-state index in [-0.39, 0.29) is 5.41 Å². The fourth-order valence-corrected chi connectivity index (χ4v) is 2.24. The molecule has 3 nitrogen and oxygen atoms in total. The van der Waals surface area contributed by atoms with Gasteiger partial charge in [0, 0.05) is 30.1 Å². The fraction of sp³-hybridized carbons (Fsp3) is 0.538. The lowest BCUT2D eigenvalue weighted by atomic mass is 10.0. The van der Waals surface area contributed by atoms with Crippen LogP contribution in [-0.2, 0) is 11.2 Å². The quantitative estimate of drug-likeness (QED) is 0.594. The maximum Gasteiger partial charge on any atom is 0.0733 e. The highest BCUT2D eigenvalue weighted by Gasteiger charge is 2.43. The Morgan fingerprint density at radius 2 is 2.29 bits per heavy atom. The zero-order valence-electron chi connectivity index (χ0n) is 9.89. The van der Waals surface area contributed by atoms with Gasteiger partial charge in [0.1, 0.15) is 0 Å². The van der Waals surface area contributed by atoms with E-state index in [4.69, 9.17) is 22.7 Å². The number of nitrogens with two attached hydrogens (primary N) is 1. The van der Waals surface area contributed by atoms with Gasteiger partial charge in [-0.2, -0.15) is 0 Å². The van der Waals surface area contributed by atoms with Gasteiger partial charge in [-0.25, -0.2) is 0 Å². The number of rotatable bonds is 7. The second-order valence-electron chi connectivity index (χ2n) is 4.77. The minimum absolute atomic E-state index is 0.260. The largest absolute Gasteiger partial charge is 0.393 e. The lowest BCUT2D eigenvalue weighted by Gasteiger charge is -2.14. The van der Waals surface area contributed by atoms with Crippen LogP contribution < -0.4 is 5.73 Å². The summed E-state index contributed by atoms with van der Waals surface area (Å²) in [6, 6.07) is 5.94. The Balaban J connectivity index is 1.65. The van der Waals surface area contributed by atoms with E-state index < -0.39 is 0 Å². The van der Waals surface area contributed by atoms with Gasteiger partial charge in [-0.05, 0) is 25.0 Å². The van der Waals surface area contributed by atoms with Crippen LogP contribution in [0.15, 0.2) is 24.4 Å². The lowest BCUT2D eigenvalue weighted by molar-refractivity contribution is 0.0946. The Bertz CT molecular complexity index is 376. The van der Waals surface area contributed by atoms with Crippen molar-refractivity contribution in [2.75, 3.05) is 13.2 Å². The molecule has 1 aromatic heterocycles. The normalized spacial score (nSPS) is 16.7. The summed E-state index contributed by atoms with van der Waals surface area (Å²) >= 11 is 4.95. The molecule has 0 bridgehead atoms. The average Bonchev–Trinajstić information content (AvgIpc) is 3.05. The number of nitrogens with zero attached hydrogens (tertiary/aromatic N) is 1. The number of ether oxygens (including phenoxy) is 1. The third-order valence-electron chi connectivity index (χ3n) is 3.14. The van der Waals surface area contributed by atoms with Crippen molar-refractivity contribution in [2.24, 2.45) is 11.1 Å². The molecule has 0 radical (unpaired) electrons. The molecule has 1 fully saturated rings. The van der Waals surface area contributed by atoms with Crippen molar-refractivity contribution in [2.45, 2.75) is 25.7 Å². The van der Waals surface area contributed by atoms with Gasteiger partial charge in [-0.1, -0.05) is 18.3 Å². The maximum absolute atomic E-state index is 5.71. The number of hydrogen-bond acceptors (Lipinski definition) is 3. The Kier molecular flexibility index (Phi) is 4.07. The van der Waals surface area contributed by atoms with E-state index in [0.29, 0.717) is 4.99 Å². The Labute approximate surface area is 107 Å². The highest BCUT2D eigenvalue weighted by atomic mass is 32.1. The Hall–Kier alpha value is -1.00. The monoisotopic (exact) mass is 250 g/mol.